The second-order valence-electron chi connectivity index (χ2n) is 5.36. The molecule has 2 rings (SSSR count). The highest BCUT2D eigenvalue weighted by Gasteiger charge is 2.35. The fourth-order valence-corrected chi connectivity index (χ4v) is 2.82. The van der Waals surface area contributed by atoms with Gasteiger partial charge >= 0.3 is 0 Å². The van der Waals surface area contributed by atoms with Crippen LogP contribution in [-0.4, -0.2) is 0 Å². The third-order valence-electron chi connectivity index (χ3n) is 4.12. The standard InChI is InChI=1S/C14H20ClN/c1-10-7-8-14(16,9-11(10)2)12-3-5-13(15)6-4-12/h3-6,10-11H,7-9,16H2,1-2H3. The van der Waals surface area contributed by atoms with Gasteiger partial charge in [-0.1, -0.05) is 37.6 Å². The van der Waals surface area contributed by atoms with Crippen molar-refractivity contribution in [3.05, 3.63) is 34.9 Å². The van der Waals surface area contributed by atoms with Crippen LogP contribution in [0.25, 0.3) is 0 Å². The Kier molecular flexibility index (Phi) is 3.27. The molecule has 3 atom stereocenters. The Labute approximate surface area is 103 Å². The van der Waals surface area contributed by atoms with Gasteiger partial charge in [0.15, 0.2) is 0 Å². The van der Waals surface area contributed by atoms with Gasteiger partial charge in [0.25, 0.3) is 0 Å². The molecular weight excluding hydrogens is 218 g/mol. The van der Waals surface area contributed by atoms with E-state index < -0.39 is 0 Å². The molecule has 1 aromatic rings. The minimum absolute atomic E-state index is 0.142. The Morgan fingerprint density at radius 1 is 1.19 bits per heavy atom. The summed E-state index contributed by atoms with van der Waals surface area (Å²) in [6.45, 7) is 4.63. The zero-order chi connectivity index (χ0) is 11.8. The van der Waals surface area contributed by atoms with Crippen LogP contribution < -0.4 is 5.73 Å². The van der Waals surface area contributed by atoms with Crippen LogP contribution in [0.1, 0.15) is 38.7 Å². The second kappa shape index (κ2) is 4.38. The highest BCUT2D eigenvalue weighted by Crippen LogP contribution is 2.40. The van der Waals surface area contributed by atoms with Crippen molar-refractivity contribution in [2.75, 3.05) is 0 Å². The Balaban J connectivity index is 2.22. The summed E-state index contributed by atoms with van der Waals surface area (Å²) in [6, 6.07) is 8.03. The fraction of sp³-hybridized carbons (Fsp3) is 0.571. The first-order valence-electron chi connectivity index (χ1n) is 6.06. The van der Waals surface area contributed by atoms with Crippen molar-refractivity contribution in [3.63, 3.8) is 0 Å². The van der Waals surface area contributed by atoms with Crippen molar-refractivity contribution in [3.8, 4) is 0 Å². The number of benzene rings is 1. The molecule has 16 heavy (non-hydrogen) atoms. The predicted molar refractivity (Wildman–Crippen MR) is 69.5 cm³/mol. The van der Waals surface area contributed by atoms with E-state index in [1.165, 1.54) is 12.0 Å². The summed E-state index contributed by atoms with van der Waals surface area (Å²) in [5.41, 5.74) is 7.63. The Bertz CT molecular complexity index is 360. The van der Waals surface area contributed by atoms with Crippen molar-refractivity contribution in [2.24, 2.45) is 17.6 Å². The molecule has 0 spiro atoms. The first-order chi connectivity index (χ1) is 7.51. The Morgan fingerprint density at radius 2 is 1.81 bits per heavy atom. The third-order valence-corrected chi connectivity index (χ3v) is 4.37. The third kappa shape index (κ3) is 2.26. The number of hydrogen-bond acceptors (Lipinski definition) is 1. The van der Waals surface area contributed by atoms with Gasteiger partial charge in [0.05, 0.1) is 0 Å². The van der Waals surface area contributed by atoms with E-state index in [-0.39, 0.29) is 5.54 Å². The smallest absolute Gasteiger partial charge is 0.0412 e. The van der Waals surface area contributed by atoms with Crippen LogP contribution in [0.15, 0.2) is 24.3 Å². The maximum Gasteiger partial charge on any atom is 0.0412 e. The monoisotopic (exact) mass is 237 g/mol. The van der Waals surface area contributed by atoms with E-state index in [0.717, 1.165) is 23.8 Å². The van der Waals surface area contributed by atoms with Crippen molar-refractivity contribution < 1.29 is 0 Å². The molecule has 3 unspecified atom stereocenters. The van der Waals surface area contributed by atoms with Crippen LogP contribution in [0, 0.1) is 11.8 Å². The van der Waals surface area contributed by atoms with E-state index in [1.54, 1.807) is 0 Å². The zero-order valence-corrected chi connectivity index (χ0v) is 10.8. The van der Waals surface area contributed by atoms with Gasteiger partial charge in [0.2, 0.25) is 0 Å². The van der Waals surface area contributed by atoms with Crippen LogP contribution in [0.3, 0.4) is 0 Å². The summed E-state index contributed by atoms with van der Waals surface area (Å²) in [5.74, 6) is 1.50. The fourth-order valence-electron chi connectivity index (χ4n) is 2.69. The van der Waals surface area contributed by atoms with E-state index in [1.807, 2.05) is 12.1 Å². The molecule has 88 valence electrons. The minimum atomic E-state index is -0.142. The average Bonchev–Trinajstić information content (AvgIpc) is 2.25. The quantitative estimate of drug-likeness (QED) is 0.787. The van der Waals surface area contributed by atoms with E-state index in [4.69, 9.17) is 17.3 Å². The molecule has 2 N–H and O–H groups in total. The molecule has 1 aromatic carbocycles. The van der Waals surface area contributed by atoms with E-state index >= 15 is 0 Å². The molecule has 1 nitrogen and oxygen atoms in total. The van der Waals surface area contributed by atoms with Gasteiger partial charge in [-0.25, -0.2) is 0 Å². The first kappa shape index (κ1) is 11.9. The Hall–Kier alpha value is -0.530. The summed E-state index contributed by atoms with van der Waals surface area (Å²) in [6.07, 6.45) is 3.39. The molecule has 0 radical (unpaired) electrons. The van der Waals surface area contributed by atoms with Crippen LogP contribution in [0.5, 0.6) is 0 Å². The van der Waals surface area contributed by atoms with Gasteiger partial charge in [-0.2, -0.15) is 0 Å². The molecule has 1 aliphatic rings. The molecule has 1 fully saturated rings. The molecule has 0 heterocycles. The number of hydrogen-bond donors (Lipinski definition) is 1. The van der Waals surface area contributed by atoms with Crippen molar-refractivity contribution in [1.29, 1.82) is 0 Å². The lowest BCUT2D eigenvalue weighted by Gasteiger charge is -2.40. The first-order valence-corrected chi connectivity index (χ1v) is 6.44. The number of halogens is 1. The maximum atomic E-state index is 6.54. The maximum absolute atomic E-state index is 6.54. The average molecular weight is 238 g/mol. The number of rotatable bonds is 1. The van der Waals surface area contributed by atoms with Gasteiger partial charge in [0.1, 0.15) is 0 Å². The largest absolute Gasteiger partial charge is 0.321 e. The summed E-state index contributed by atoms with van der Waals surface area (Å²) in [5, 5.41) is 0.782. The Morgan fingerprint density at radius 3 is 2.38 bits per heavy atom. The lowest BCUT2D eigenvalue weighted by Crippen LogP contribution is -2.43. The lowest BCUT2D eigenvalue weighted by molar-refractivity contribution is 0.177. The van der Waals surface area contributed by atoms with Crippen LogP contribution in [-0.2, 0) is 5.54 Å². The van der Waals surface area contributed by atoms with E-state index in [2.05, 4.69) is 26.0 Å². The molecule has 0 amide bonds. The molecule has 0 bridgehead atoms. The van der Waals surface area contributed by atoms with Crippen molar-refractivity contribution in [2.45, 2.75) is 38.6 Å². The molecule has 1 aliphatic carbocycles. The van der Waals surface area contributed by atoms with Gasteiger partial charge in [-0.15, -0.1) is 0 Å². The summed E-state index contributed by atoms with van der Waals surface area (Å²) >= 11 is 5.91. The SMILES string of the molecule is CC1CCC(N)(c2ccc(Cl)cc2)CC1C. The molecule has 0 aliphatic heterocycles. The zero-order valence-electron chi connectivity index (χ0n) is 10.0. The van der Waals surface area contributed by atoms with Crippen LogP contribution >= 0.6 is 11.6 Å². The molecular formula is C14H20ClN. The minimum Gasteiger partial charge on any atom is -0.321 e. The van der Waals surface area contributed by atoms with Crippen LogP contribution in [0.2, 0.25) is 5.02 Å². The molecule has 2 heteroatoms. The van der Waals surface area contributed by atoms with Crippen molar-refractivity contribution in [1.82, 2.24) is 0 Å². The van der Waals surface area contributed by atoms with Gasteiger partial charge in [-0.05, 0) is 48.8 Å². The number of nitrogens with two attached hydrogens (primary N) is 1. The lowest BCUT2D eigenvalue weighted by atomic mass is 9.69. The summed E-state index contributed by atoms with van der Waals surface area (Å²) in [4.78, 5) is 0. The molecule has 0 aromatic heterocycles. The summed E-state index contributed by atoms with van der Waals surface area (Å²) in [7, 11) is 0. The van der Waals surface area contributed by atoms with E-state index in [0.29, 0.717) is 5.92 Å². The van der Waals surface area contributed by atoms with Gasteiger partial charge in [-0.3, -0.25) is 0 Å². The highest BCUT2D eigenvalue weighted by atomic mass is 35.5. The topological polar surface area (TPSA) is 26.0 Å². The molecule has 0 saturated heterocycles. The summed E-state index contributed by atoms with van der Waals surface area (Å²) < 4.78 is 0. The van der Waals surface area contributed by atoms with Gasteiger partial charge < -0.3 is 5.73 Å². The molecule has 1 saturated carbocycles. The van der Waals surface area contributed by atoms with E-state index in [9.17, 15) is 0 Å². The second-order valence-corrected chi connectivity index (χ2v) is 5.80. The highest BCUT2D eigenvalue weighted by molar-refractivity contribution is 6.30. The van der Waals surface area contributed by atoms with Crippen LogP contribution in [0.4, 0.5) is 0 Å². The predicted octanol–water partition coefficient (Wildman–Crippen LogP) is 3.95. The van der Waals surface area contributed by atoms with Crippen molar-refractivity contribution >= 4 is 11.6 Å². The van der Waals surface area contributed by atoms with Gasteiger partial charge in [0, 0.05) is 10.6 Å². The normalized spacial score (nSPS) is 35.0.